The van der Waals surface area contributed by atoms with Gasteiger partial charge in [0.05, 0.1) is 18.2 Å². The highest BCUT2D eigenvalue weighted by Crippen LogP contribution is 2.29. The lowest BCUT2D eigenvalue weighted by Crippen LogP contribution is -2.28. The summed E-state index contributed by atoms with van der Waals surface area (Å²) in [5.41, 5.74) is 2.95. The summed E-state index contributed by atoms with van der Waals surface area (Å²) in [7, 11) is 3.57. The highest BCUT2D eigenvalue weighted by atomic mass is 16.5. The van der Waals surface area contributed by atoms with Crippen LogP contribution in [0.5, 0.6) is 0 Å². The minimum Gasteiger partial charge on any atom is -0.377 e. The van der Waals surface area contributed by atoms with Crippen molar-refractivity contribution >= 4 is 11.6 Å². The second-order valence-corrected chi connectivity index (χ2v) is 6.31. The molecule has 24 heavy (non-hydrogen) atoms. The van der Waals surface area contributed by atoms with Crippen molar-refractivity contribution in [1.29, 1.82) is 0 Å². The predicted molar refractivity (Wildman–Crippen MR) is 92.8 cm³/mol. The van der Waals surface area contributed by atoms with E-state index in [1.54, 1.807) is 11.8 Å². The van der Waals surface area contributed by atoms with Crippen LogP contribution in [0.15, 0.2) is 36.7 Å². The number of amides is 1. The normalized spacial score (nSPS) is 21.6. The van der Waals surface area contributed by atoms with Crippen molar-refractivity contribution in [3.8, 4) is 0 Å². The van der Waals surface area contributed by atoms with E-state index in [0.717, 1.165) is 23.4 Å². The number of ether oxygens (including phenoxy) is 1. The Labute approximate surface area is 142 Å². The minimum absolute atomic E-state index is 0.00172. The Bertz CT molecular complexity index is 713. The molecule has 1 amide bonds. The van der Waals surface area contributed by atoms with Crippen molar-refractivity contribution < 1.29 is 9.53 Å². The number of carbonyl (C=O) groups is 1. The summed E-state index contributed by atoms with van der Waals surface area (Å²) in [6.45, 7) is 3.46. The quantitative estimate of drug-likeness (QED) is 0.882. The van der Waals surface area contributed by atoms with Crippen molar-refractivity contribution in [2.24, 2.45) is 13.0 Å². The Morgan fingerprint density at radius 3 is 3.00 bits per heavy atom. The molecule has 2 aromatic rings. The van der Waals surface area contributed by atoms with Gasteiger partial charge in [-0.25, -0.2) is 0 Å². The maximum absolute atomic E-state index is 12.7. The van der Waals surface area contributed by atoms with Crippen molar-refractivity contribution in [3.63, 3.8) is 0 Å². The maximum Gasteiger partial charge on any atom is 0.229 e. The molecule has 1 unspecified atom stereocenters. The summed E-state index contributed by atoms with van der Waals surface area (Å²) in [4.78, 5) is 12.7. The van der Waals surface area contributed by atoms with Gasteiger partial charge < -0.3 is 15.4 Å². The molecule has 6 heteroatoms. The first-order valence-electron chi connectivity index (χ1n) is 8.21. The van der Waals surface area contributed by atoms with Crippen molar-refractivity contribution in [2.45, 2.75) is 18.9 Å². The van der Waals surface area contributed by atoms with Gasteiger partial charge >= 0.3 is 0 Å². The molecular formula is C18H24N4O2. The maximum atomic E-state index is 12.7. The Morgan fingerprint density at radius 2 is 2.29 bits per heavy atom. The van der Waals surface area contributed by atoms with Gasteiger partial charge in [-0.05, 0) is 30.2 Å². The molecule has 0 saturated carbocycles. The Morgan fingerprint density at radius 1 is 1.46 bits per heavy atom. The number of rotatable bonds is 5. The summed E-state index contributed by atoms with van der Waals surface area (Å²) in [6.07, 6.45) is 3.83. The van der Waals surface area contributed by atoms with E-state index in [1.807, 2.05) is 50.6 Å². The van der Waals surface area contributed by atoms with E-state index in [9.17, 15) is 4.79 Å². The van der Waals surface area contributed by atoms with Crippen LogP contribution in [0.3, 0.4) is 0 Å². The van der Waals surface area contributed by atoms with Gasteiger partial charge in [-0.15, -0.1) is 0 Å². The van der Waals surface area contributed by atoms with Gasteiger partial charge in [0, 0.05) is 45.0 Å². The largest absolute Gasteiger partial charge is 0.377 e. The number of hydrogen-bond donors (Lipinski definition) is 2. The number of hydrogen-bond acceptors (Lipinski definition) is 4. The van der Waals surface area contributed by atoms with Crippen LogP contribution in [-0.2, 0) is 16.6 Å². The molecule has 1 aromatic carbocycles. The first kappa shape index (κ1) is 16.7. The monoisotopic (exact) mass is 328 g/mol. The molecule has 1 fully saturated rings. The molecule has 3 atom stereocenters. The molecule has 0 aliphatic carbocycles. The molecule has 0 bridgehead atoms. The van der Waals surface area contributed by atoms with Gasteiger partial charge in [-0.3, -0.25) is 9.48 Å². The standard InChI is InChI=1S/C18H24N4O2/c1-12(24-3)13-5-4-6-15(7-13)21-18(23)17-10-19-9-16(17)14-8-20-22(2)11-14/h4-8,11-12,16-17,19H,9-10H2,1-3H3,(H,21,23)/t12?,16-,17+/m1/s1. The van der Waals surface area contributed by atoms with Gasteiger partial charge in [0.1, 0.15) is 0 Å². The summed E-state index contributed by atoms with van der Waals surface area (Å²) < 4.78 is 7.12. The van der Waals surface area contributed by atoms with Crippen LogP contribution >= 0.6 is 0 Å². The van der Waals surface area contributed by atoms with E-state index in [1.165, 1.54) is 0 Å². The van der Waals surface area contributed by atoms with Crippen LogP contribution < -0.4 is 10.6 Å². The number of anilines is 1. The van der Waals surface area contributed by atoms with Crippen molar-refractivity contribution in [2.75, 3.05) is 25.5 Å². The van der Waals surface area contributed by atoms with E-state index in [0.29, 0.717) is 6.54 Å². The fourth-order valence-electron chi connectivity index (χ4n) is 3.18. The first-order chi connectivity index (χ1) is 11.6. The highest BCUT2D eigenvalue weighted by molar-refractivity contribution is 5.93. The van der Waals surface area contributed by atoms with E-state index in [4.69, 9.17) is 4.74 Å². The van der Waals surface area contributed by atoms with Crippen LogP contribution in [0.1, 0.15) is 30.1 Å². The molecular weight excluding hydrogens is 304 g/mol. The number of carbonyl (C=O) groups excluding carboxylic acids is 1. The summed E-state index contributed by atoms with van der Waals surface area (Å²) in [5, 5.41) is 10.6. The van der Waals surface area contributed by atoms with Crippen LogP contribution in [0, 0.1) is 5.92 Å². The molecule has 2 N–H and O–H groups in total. The van der Waals surface area contributed by atoms with E-state index in [-0.39, 0.29) is 23.8 Å². The topological polar surface area (TPSA) is 68.2 Å². The zero-order chi connectivity index (χ0) is 17.1. The molecule has 0 radical (unpaired) electrons. The molecule has 1 aliphatic rings. The molecule has 0 spiro atoms. The molecule has 2 heterocycles. The fourth-order valence-corrected chi connectivity index (χ4v) is 3.18. The number of aromatic nitrogens is 2. The zero-order valence-corrected chi connectivity index (χ0v) is 14.3. The lowest BCUT2D eigenvalue weighted by Gasteiger charge is -2.18. The van der Waals surface area contributed by atoms with Gasteiger partial charge in [-0.1, -0.05) is 12.1 Å². The molecule has 1 saturated heterocycles. The number of aryl methyl sites for hydroxylation is 1. The number of nitrogens with one attached hydrogen (secondary N) is 2. The Kier molecular flexibility index (Phi) is 4.97. The summed E-state index contributed by atoms with van der Waals surface area (Å²) in [5.74, 6) is 0.0913. The molecule has 1 aliphatic heterocycles. The van der Waals surface area contributed by atoms with Crippen LogP contribution in [0.2, 0.25) is 0 Å². The van der Waals surface area contributed by atoms with Crippen LogP contribution in [-0.4, -0.2) is 35.9 Å². The molecule has 128 valence electrons. The van der Waals surface area contributed by atoms with E-state index < -0.39 is 0 Å². The van der Waals surface area contributed by atoms with Gasteiger partial charge in [0.25, 0.3) is 0 Å². The van der Waals surface area contributed by atoms with Gasteiger partial charge in [-0.2, -0.15) is 5.10 Å². The van der Waals surface area contributed by atoms with Gasteiger partial charge in [0.15, 0.2) is 0 Å². The average molecular weight is 328 g/mol. The van der Waals surface area contributed by atoms with E-state index >= 15 is 0 Å². The zero-order valence-electron chi connectivity index (χ0n) is 14.3. The third-order valence-corrected chi connectivity index (χ3v) is 4.68. The molecule has 3 rings (SSSR count). The molecule has 6 nitrogen and oxygen atoms in total. The third kappa shape index (κ3) is 3.49. The fraction of sp³-hybridized carbons (Fsp3) is 0.444. The third-order valence-electron chi connectivity index (χ3n) is 4.68. The SMILES string of the molecule is COC(C)c1cccc(NC(=O)[C@H]2CNC[C@@H]2c2cnn(C)c2)c1. The van der Waals surface area contributed by atoms with Crippen molar-refractivity contribution in [1.82, 2.24) is 15.1 Å². The van der Waals surface area contributed by atoms with Crippen LogP contribution in [0.4, 0.5) is 5.69 Å². The Balaban J connectivity index is 1.72. The second kappa shape index (κ2) is 7.15. The molecule has 1 aromatic heterocycles. The summed E-state index contributed by atoms with van der Waals surface area (Å²) in [6, 6.07) is 7.81. The minimum atomic E-state index is -0.0993. The second-order valence-electron chi connectivity index (χ2n) is 6.31. The number of benzene rings is 1. The van der Waals surface area contributed by atoms with Gasteiger partial charge in [0.2, 0.25) is 5.91 Å². The lowest BCUT2D eigenvalue weighted by atomic mass is 9.90. The average Bonchev–Trinajstić information content (AvgIpc) is 3.22. The smallest absolute Gasteiger partial charge is 0.229 e. The first-order valence-corrected chi connectivity index (χ1v) is 8.21. The van der Waals surface area contributed by atoms with E-state index in [2.05, 4.69) is 15.7 Å². The lowest BCUT2D eigenvalue weighted by molar-refractivity contribution is -0.119. The summed E-state index contributed by atoms with van der Waals surface area (Å²) >= 11 is 0. The number of nitrogens with zero attached hydrogens (tertiary/aromatic N) is 2. The predicted octanol–water partition coefficient (Wildman–Crippen LogP) is 2.07. The van der Waals surface area contributed by atoms with Crippen molar-refractivity contribution in [3.05, 3.63) is 47.8 Å². The number of methoxy groups -OCH3 is 1. The van der Waals surface area contributed by atoms with Crippen LogP contribution in [0.25, 0.3) is 0 Å². The highest BCUT2D eigenvalue weighted by Gasteiger charge is 2.34. The Hall–Kier alpha value is -2.18.